The fourth-order valence-corrected chi connectivity index (χ4v) is 1.22. The summed E-state index contributed by atoms with van der Waals surface area (Å²) in [5.41, 5.74) is 0.0868. The van der Waals surface area contributed by atoms with Crippen LogP contribution in [0.25, 0.3) is 0 Å². The molecule has 1 saturated carbocycles. The third-order valence-electron chi connectivity index (χ3n) is 2.44. The minimum Gasteiger partial charge on any atom is -0.198 e. The molecule has 10 heavy (non-hydrogen) atoms. The van der Waals surface area contributed by atoms with Crippen molar-refractivity contribution >= 4 is 0 Å². The topological polar surface area (TPSA) is 47.6 Å². The van der Waals surface area contributed by atoms with E-state index in [9.17, 15) is 0 Å². The second kappa shape index (κ2) is 2.31. The van der Waals surface area contributed by atoms with Gasteiger partial charge in [-0.25, -0.2) is 0 Å². The van der Waals surface area contributed by atoms with Gasteiger partial charge in [0.2, 0.25) is 0 Å². The molecular formula is C8H10N2. The summed E-state index contributed by atoms with van der Waals surface area (Å²) in [5.74, 6) is 0.0622. The molecule has 1 aliphatic rings. The molecule has 0 radical (unpaired) electrons. The Balaban J connectivity index is 2.55. The van der Waals surface area contributed by atoms with Gasteiger partial charge in [0, 0.05) is 6.42 Å². The Morgan fingerprint density at radius 1 is 1.50 bits per heavy atom. The minimum atomic E-state index is 0.0622. The van der Waals surface area contributed by atoms with Gasteiger partial charge in [0.25, 0.3) is 0 Å². The Labute approximate surface area is 61.1 Å². The molecule has 0 aromatic heterocycles. The highest BCUT2D eigenvalue weighted by atomic mass is 14.5. The fraction of sp³-hybridized carbons (Fsp3) is 0.750. The highest BCUT2D eigenvalue weighted by Crippen LogP contribution is 2.54. The lowest BCUT2D eigenvalue weighted by atomic mass is 9.89. The van der Waals surface area contributed by atoms with Gasteiger partial charge in [0.05, 0.1) is 18.1 Å². The summed E-state index contributed by atoms with van der Waals surface area (Å²) >= 11 is 0. The van der Waals surface area contributed by atoms with Crippen molar-refractivity contribution in [3.05, 3.63) is 0 Å². The van der Waals surface area contributed by atoms with Gasteiger partial charge in [-0.2, -0.15) is 10.5 Å². The van der Waals surface area contributed by atoms with Crippen LogP contribution in [0.4, 0.5) is 0 Å². The van der Waals surface area contributed by atoms with Crippen molar-refractivity contribution in [2.45, 2.75) is 26.2 Å². The zero-order valence-electron chi connectivity index (χ0n) is 6.09. The van der Waals surface area contributed by atoms with E-state index < -0.39 is 0 Å². The van der Waals surface area contributed by atoms with E-state index in [4.69, 9.17) is 10.5 Å². The Bertz CT molecular complexity index is 202. The van der Waals surface area contributed by atoms with E-state index in [0.717, 1.165) is 12.8 Å². The first-order valence-corrected chi connectivity index (χ1v) is 3.52. The average Bonchev–Trinajstić information content (AvgIpc) is 2.69. The maximum atomic E-state index is 8.58. The van der Waals surface area contributed by atoms with Gasteiger partial charge >= 0.3 is 0 Å². The Morgan fingerprint density at radius 2 is 2.10 bits per heavy atom. The second-order valence-corrected chi connectivity index (χ2v) is 3.05. The monoisotopic (exact) mass is 134 g/mol. The van der Waals surface area contributed by atoms with Crippen molar-refractivity contribution in [2.24, 2.45) is 11.3 Å². The van der Waals surface area contributed by atoms with Crippen LogP contribution < -0.4 is 0 Å². The fourth-order valence-electron chi connectivity index (χ4n) is 1.22. The molecule has 0 amide bonds. The van der Waals surface area contributed by atoms with E-state index in [1.165, 1.54) is 0 Å². The van der Waals surface area contributed by atoms with Crippen LogP contribution in [0, 0.1) is 34.0 Å². The molecule has 1 aliphatic carbocycles. The second-order valence-electron chi connectivity index (χ2n) is 3.05. The van der Waals surface area contributed by atoms with Gasteiger partial charge in [-0.05, 0) is 25.2 Å². The van der Waals surface area contributed by atoms with Crippen LogP contribution in [-0.2, 0) is 0 Å². The maximum absolute atomic E-state index is 8.58. The van der Waals surface area contributed by atoms with Gasteiger partial charge in [0.1, 0.15) is 0 Å². The van der Waals surface area contributed by atoms with E-state index in [2.05, 4.69) is 12.1 Å². The van der Waals surface area contributed by atoms with Crippen molar-refractivity contribution in [2.75, 3.05) is 0 Å². The molecule has 2 heteroatoms. The van der Waals surface area contributed by atoms with Crippen LogP contribution in [0.3, 0.4) is 0 Å². The molecule has 0 bridgehead atoms. The van der Waals surface area contributed by atoms with Crippen molar-refractivity contribution in [3.63, 3.8) is 0 Å². The standard InChI is InChI=1S/C8H10N2/c1-7(6-10)8(2-3-8)4-5-9/h7H,2-4H2,1H3. The first-order valence-electron chi connectivity index (χ1n) is 3.52. The smallest absolute Gasteiger partial charge is 0.0659 e. The average molecular weight is 134 g/mol. The minimum absolute atomic E-state index is 0.0622. The molecule has 0 aromatic carbocycles. The first-order chi connectivity index (χ1) is 4.75. The SMILES string of the molecule is CC(C#N)C1(CC#N)CC1. The lowest BCUT2D eigenvalue weighted by Crippen LogP contribution is -2.09. The quantitative estimate of drug-likeness (QED) is 0.578. The Kier molecular flexibility index (Phi) is 1.64. The highest BCUT2D eigenvalue weighted by molar-refractivity contribution is 5.08. The van der Waals surface area contributed by atoms with E-state index >= 15 is 0 Å². The van der Waals surface area contributed by atoms with Crippen LogP contribution in [0.1, 0.15) is 26.2 Å². The number of rotatable bonds is 2. The maximum Gasteiger partial charge on any atom is 0.0659 e. The molecule has 0 saturated heterocycles. The van der Waals surface area contributed by atoms with Gasteiger partial charge in [-0.3, -0.25) is 0 Å². The zero-order chi connectivity index (χ0) is 7.61. The number of nitriles is 2. The van der Waals surface area contributed by atoms with Gasteiger partial charge in [0.15, 0.2) is 0 Å². The Morgan fingerprint density at radius 3 is 2.40 bits per heavy atom. The van der Waals surface area contributed by atoms with Crippen molar-refractivity contribution in [3.8, 4) is 12.1 Å². The first kappa shape index (κ1) is 7.09. The lowest BCUT2D eigenvalue weighted by Gasteiger charge is -2.11. The predicted octanol–water partition coefficient (Wildman–Crippen LogP) is 1.84. The number of hydrogen-bond donors (Lipinski definition) is 0. The lowest BCUT2D eigenvalue weighted by molar-refractivity contribution is 0.414. The summed E-state index contributed by atoms with van der Waals surface area (Å²) < 4.78 is 0. The largest absolute Gasteiger partial charge is 0.198 e. The summed E-state index contributed by atoms with van der Waals surface area (Å²) in [6.45, 7) is 1.91. The van der Waals surface area contributed by atoms with E-state index in [-0.39, 0.29) is 11.3 Å². The van der Waals surface area contributed by atoms with E-state index in [1.54, 1.807) is 0 Å². The van der Waals surface area contributed by atoms with Crippen LogP contribution in [0.2, 0.25) is 0 Å². The van der Waals surface area contributed by atoms with Gasteiger partial charge in [-0.1, -0.05) is 0 Å². The summed E-state index contributed by atoms with van der Waals surface area (Å²) in [4.78, 5) is 0. The van der Waals surface area contributed by atoms with Gasteiger partial charge in [-0.15, -0.1) is 0 Å². The normalized spacial score (nSPS) is 22.3. The highest BCUT2D eigenvalue weighted by Gasteiger charge is 2.47. The van der Waals surface area contributed by atoms with Crippen LogP contribution >= 0.6 is 0 Å². The molecule has 0 aliphatic heterocycles. The number of nitrogens with zero attached hydrogens (tertiary/aromatic N) is 2. The summed E-state index contributed by atoms with van der Waals surface area (Å²) in [5, 5.41) is 17.0. The third-order valence-corrected chi connectivity index (χ3v) is 2.44. The van der Waals surface area contributed by atoms with E-state index in [0.29, 0.717) is 6.42 Å². The van der Waals surface area contributed by atoms with Crippen molar-refractivity contribution in [1.29, 1.82) is 10.5 Å². The van der Waals surface area contributed by atoms with Crippen LogP contribution in [0.5, 0.6) is 0 Å². The predicted molar refractivity (Wildman–Crippen MR) is 36.7 cm³/mol. The summed E-state index contributed by atoms with van der Waals surface area (Å²) in [6.07, 6.45) is 2.69. The molecule has 2 nitrogen and oxygen atoms in total. The van der Waals surface area contributed by atoms with Crippen molar-refractivity contribution in [1.82, 2.24) is 0 Å². The molecular weight excluding hydrogens is 124 g/mol. The van der Waals surface area contributed by atoms with Crippen molar-refractivity contribution < 1.29 is 0 Å². The van der Waals surface area contributed by atoms with E-state index in [1.807, 2.05) is 6.92 Å². The van der Waals surface area contributed by atoms with Crippen LogP contribution in [0.15, 0.2) is 0 Å². The van der Waals surface area contributed by atoms with Gasteiger partial charge < -0.3 is 0 Å². The third kappa shape index (κ3) is 0.977. The molecule has 1 atom stereocenters. The Hall–Kier alpha value is -1.02. The molecule has 0 spiro atoms. The molecule has 0 aromatic rings. The molecule has 1 unspecified atom stereocenters. The molecule has 0 heterocycles. The molecule has 52 valence electrons. The molecule has 0 N–H and O–H groups in total. The summed E-state index contributed by atoms with van der Waals surface area (Å²) in [6, 6.07) is 4.34. The molecule has 1 rings (SSSR count). The summed E-state index contributed by atoms with van der Waals surface area (Å²) in [7, 11) is 0. The van der Waals surface area contributed by atoms with Crippen LogP contribution in [-0.4, -0.2) is 0 Å². The zero-order valence-corrected chi connectivity index (χ0v) is 6.09. The molecule has 1 fully saturated rings. The number of hydrogen-bond acceptors (Lipinski definition) is 2.